The predicted molar refractivity (Wildman–Crippen MR) is 89.6 cm³/mol. The molecule has 0 amide bonds. The highest BCUT2D eigenvalue weighted by Gasteiger charge is 2.47. The minimum absolute atomic E-state index is 0.0342. The normalized spacial score (nSPS) is 26.8. The molecule has 136 valence electrons. The van der Waals surface area contributed by atoms with Crippen molar-refractivity contribution in [2.45, 2.75) is 48.8 Å². The zero-order chi connectivity index (χ0) is 17.8. The maximum absolute atomic E-state index is 14.1. The SMILES string of the molecule is N[C@@H]1CC[C@H](C(F)(F)F)N(c2cc(F)cc3c2N=C(C2CC2)NS3)C1. The highest BCUT2D eigenvalue weighted by Crippen LogP contribution is 2.46. The highest BCUT2D eigenvalue weighted by molar-refractivity contribution is 7.98. The van der Waals surface area contributed by atoms with Crippen molar-refractivity contribution < 1.29 is 17.6 Å². The van der Waals surface area contributed by atoms with Crippen molar-refractivity contribution in [2.75, 3.05) is 11.4 Å². The van der Waals surface area contributed by atoms with E-state index in [1.54, 1.807) is 0 Å². The van der Waals surface area contributed by atoms with Gasteiger partial charge in [-0.05, 0) is 49.8 Å². The van der Waals surface area contributed by atoms with E-state index in [4.69, 9.17) is 5.73 Å². The maximum atomic E-state index is 14.1. The molecule has 9 heteroatoms. The molecule has 2 aliphatic heterocycles. The summed E-state index contributed by atoms with van der Waals surface area (Å²) in [5.74, 6) is 0.504. The van der Waals surface area contributed by atoms with Crippen molar-refractivity contribution in [3.05, 3.63) is 17.9 Å². The van der Waals surface area contributed by atoms with E-state index in [1.807, 2.05) is 0 Å². The Bertz CT molecular complexity index is 717. The monoisotopic (exact) mass is 374 g/mol. The number of nitrogens with two attached hydrogens (primary N) is 1. The van der Waals surface area contributed by atoms with E-state index in [0.29, 0.717) is 22.9 Å². The molecular weight excluding hydrogens is 356 g/mol. The van der Waals surface area contributed by atoms with Gasteiger partial charge in [-0.1, -0.05) is 0 Å². The zero-order valence-electron chi connectivity index (χ0n) is 13.3. The van der Waals surface area contributed by atoms with Gasteiger partial charge in [-0.3, -0.25) is 0 Å². The first kappa shape index (κ1) is 17.0. The van der Waals surface area contributed by atoms with Gasteiger partial charge in [-0.2, -0.15) is 13.2 Å². The molecule has 0 bridgehead atoms. The number of benzene rings is 1. The van der Waals surface area contributed by atoms with Crippen molar-refractivity contribution in [1.29, 1.82) is 0 Å². The summed E-state index contributed by atoms with van der Waals surface area (Å²) < 4.78 is 57.7. The summed E-state index contributed by atoms with van der Waals surface area (Å²) in [6.07, 6.45) is -2.18. The third kappa shape index (κ3) is 3.31. The van der Waals surface area contributed by atoms with E-state index in [1.165, 1.54) is 22.9 Å². The van der Waals surface area contributed by atoms with E-state index in [-0.39, 0.29) is 24.7 Å². The third-order valence-corrected chi connectivity index (χ3v) is 5.63. The summed E-state index contributed by atoms with van der Waals surface area (Å²) in [6.45, 7) is 0.0342. The molecule has 0 aromatic heterocycles. The summed E-state index contributed by atoms with van der Waals surface area (Å²) in [7, 11) is 0. The van der Waals surface area contributed by atoms with E-state index in [2.05, 4.69) is 9.71 Å². The van der Waals surface area contributed by atoms with Gasteiger partial charge in [-0.25, -0.2) is 9.38 Å². The molecule has 1 aromatic carbocycles. The first-order valence-electron chi connectivity index (χ1n) is 8.27. The van der Waals surface area contributed by atoms with Gasteiger partial charge in [0.1, 0.15) is 23.4 Å². The van der Waals surface area contributed by atoms with E-state index in [9.17, 15) is 17.6 Å². The van der Waals surface area contributed by atoms with Crippen LogP contribution in [0.1, 0.15) is 25.7 Å². The highest BCUT2D eigenvalue weighted by atomic mass is 32.2. The maximum Gasteiger partial charge on any atom is 0.408 e. The van der Waals surface area contributed by atoms with E-state index < -0.39 is 18.0 Å². The second-order valence-corrected chi connectivity index (χ2v) is 7.64. The summed E-state index contributed by atoms with van der Waals surface area (Å²) in [5, 5.41) is 0. The quantitative estimate of drug-likeness (QED) is 0.612. The van der Waals surface area contributed by atoms with Gasteiger partial charge in [0.05, 0.1) is 10.6 Å². The molecule has 1 saturated carbocycles. The van der Waals surface area contributed by atoms with Crippen LogP contribution in [0.25, 0.3) is 0 Å². The van der Waals surface area contributed by atoms with Crippen LogP contribution in [0.5, 0.6) is 0 Å². The number of hydrogen-bond acceptors (Lipinski definition) is 5. The second kappa shape index (κ2) is 6.05. The summed E-state index contributed by atoms with van der Waals surface area (Å²) in [4.78, 5) is 6.22. The first-order chi connectivity index (χ1) is 11.8. The number of halogens is 4. The fourth-order valence-electron chi connectivity index (χ4n) is 3.36. The van der Waals surface area contributed by atoms with Gasteiger partial charge in [0.25, 0.3) is 0 Å². The third-order valence-electron chi connectivity index (χ3n) is 4.79. The average molecular weight is 374 g/mol. The Hall–Kier alpha value is -1.48. The Morgan fingerprint density at radius 2 is 1.96 bits per heavy atom. The largest absolute Gasteiger partial charge is 0.408 e. The molecule has 3 aliphatic rings. The molecule has 1 aliphatic carbocycles. The number of anilines is 1. The fraction of sp³-hybridized carbons (Fsp3) is 0.562. The van der Waals surface area contributed by atoms with Crippen molar-refractivity contribution in [1.82, 2.24) is 4.72 Å². The Morgan fingerprint density at radius 3 is 2.64 bits per heavy atom. The molecule has 2 heterocycles. The molecule has 1 saturated heterocycles. The van der Waals surface area contributed by atoms with Crippen molar-refractivity contribution in [2.24, 2.45) is 16.6 Å². The van der Waals surface area contributed by atoms with Crippen LogP contribution in [0.2, 0.25) is 0 Å². The van der Waals surface area contributed by atoms with Crippen molar-refractivity contribution in [3.8, 4) is 0 Å². The number of nitrogens with one attached hydrogen (secondary N) is 1. The number of hydrogen-bond donors (Lipinski definition) is 2. The predicted octanol–water partition coefficient (Wildman–Crippen LogP) is 3.73. The van der Waals surface area contributed by atoms with Crippen LogP contribution < -0.4 is 15.4 Å². The molecule has 4 nitrogen and oxygen atoms in total. The van der Waals surface area contributed by atoms with Gasteiger partial charge in [0.15, 0.2) is 0 Å². The smallest absolute Gasteiger partial charge is 0.356 e. The van der Waals surface area contributed by atoms with Crippen molar-refractivity contribution >= 4 is 29.2 Å². The summed E-state index contributed by atoms with van der Waals surface area (Å²) in [5.41, 5.74) is 6.50. The molecule has 25 heavy (non-hydrogen) atoms. The molecule has 3 N–H and O–H groups in total. The Morgan fingerprint density at radius 1 is 1.20 bits per heavy atom. The number of nitrogens with zero attached hydrogens (tertiary/aromatic N) is 2. The Balaban J connectivity index is 1.79. The molecular formula is C16H18F4N4S. The number of piperidine rings is 1. The lowest BCUT2D eigenvalue weighted by atomic mass is 9.97. The summed E-state index contributed by atoms with van der Waals surface area (Å²) >= 11 is 1.21. The topological polar surface area (TPSA) is 53.6 Å². The van der Waals surface area contributed by atoms with E-state index in [0.717, 1.165) is 24.7 Å². The molecule has 2 fully saturated rings. The van der Waals surface area contributed by atoms with Crippen LogP contribution in [-0.4, -0.2) is 30.6 Å². The van der Waals surface area contributed by atoms with Crippen LogP contribution in [0.3, 0.4) is 0 Å². The molecule has 4 rings (SSSR count). The van der Waals surface area contributed by atoms with Gasteiger partial charge >= 0.3 is 6.18 Å². The number of fused-ring (bicyclic) bond motifs is 1. The number of alkyl halides is 3. The lowest BCUT2D eigenvalue weighted by Gasteiger charge is -2.41. The van der Waals surface area contributed by atoms with Gasteiger partial charge < -0.3 is 15.4 Å². The molecule has 0 spiro atoms. The minimum atomic E-state index is -4.40. The molecule has 1 aromatic rings. The number of rotatable bonds is 2. The summed E-state index contributed by atoms with van der Waals surface area (Å²) in [6, 6.07) is 0.405. The molecule has 2 atom stereocenters. The molecule has 0 radical (unpaired) electrons. The van der Waals surface area contributed by atoms with Crippen LogP contribution in [0, 0.1) is 11.7 Å². The standard InChI is InChI=1S/C16H18F4N4S/c17-9-5-11(24-7-10(21)3-4-13(24)16(18,19)20)14-12(6-9)25-23-15(22-14)8-1-2-8/h5-6,8,10,13H,1-4,7,21H2,(H,22,23)/t10-,13-/m1/s1. The van der Waals surface area contributed by atoms with Gasteiger partial charge in [0.2, 0.25) is 0 Å². The fourth-order valence-corrected chi connectivity index (χ4v) is 4.20. The average Bonchev–Trinajstić information content (AvgIpc) is 3.37. The Labute approximate surface area is 147 Å². The van der Waals surface area contributed by atoms with E-state index >= 15 is 0 Å². The number of amidine groups is 1. The zero-order valence-corrected chi connectivity index (χ0v) is 14.1. The van der Waals surface area contributed by atoms with Crippen molar-refractivity contribution in [3.63, 3.8) is 0 Å². The van der Waals surface area contributed by atoms with Gasteiger partial charge in [-0.15, -0.1) is 0 Å². The van der Waals surface area contributed by atoms with Crippen LogP contribution in [0.15, 0.2) is 22.0 Å². The van der Waals surface area contributed by atoms with Crippen LogP contribution >= 0.6 is 11.9 Å². The van der Waals surface area contributed by atoms with Crippen LogP contribution in [-0.2, 0) is 0 Å². The van der Waals surface area contributed by atoms with Gasteiger partial charge in [0, 0.05) is 18.5 Å². The lowest BCUT2D eigenvalue weighted by Crippen LogP contribution is -2.55. The lowest BCUT2D eigenvalue weighted by molar-refractivity contribution is -0.153. The minimum Gasteiger partial charge on any atom is -0.356 e. The number of aliphatic imine (C=N–C) groups is 1. The Kier molecular flexibility index (Phi) is 4.10. The molecule has 0 unspecified atom stereocenters. The second-order valence-electron chi connectivity index (χ2n) is 6.79. The first-order valence-corrected chi connectivity index (χ1v) is 9.08. The van der Waals surface area contributed by atoms with Crippen LogP contribution in [0.4, 0.5) is 28.9 Å².